The molecular formula is C13H22N2O2S. The van der Waals surface area contributed by atoms with E-state index in [9.17, 15) is 4.21 Å². The third-order valence-electron chi connectivity index (χ3n) is 3.22. The smallest absolute Gasteiger partial charge is 0.122 e. The van der Waals surface area contributed by atoms with Gasteiger partial charge in [-0.1, -0.05) is 6.92 Å². The van der Waals surface area contributed by atoms with Crippen LogP contribution in [0.2, 0.25) is 0 Å². The fourth-order valence-electron chi connectivity index (χ4n) is 2.10. The molecule has 1 saturated heterocycles. The first kappa shape index (κ1) is 13.8. The highest BCUT2D eigenvalue weighted by atomic mass is 32.2. The van der Waals surface area contributed by atoms with Gasteiger partial charge in [-0.25, -0.2) is 0 Å². The minimum atomic E-state index is -0.605. The molecular weight excluding hydrogens is 248 g/mol. The van der Waals surface area contributed by atoms with E-state index >= 15 is 0 Å². The molecule has 0 radical (unpaired) electrons. The van der Waals surface area contributed by atoms with Gasteiger partial charge in [0.15, 0.2) is 0 Å². The van der Waals surface area contributed by atoms with E-state index in [4.69, 9.17) is 4.42 Å². The maximum Gasteiger partial charge on any atom is 0.122 e. The van der Waals surface area contributed by atoms with E-state index in [2.05, 4.69) is 17.1 Å². The zero-order valence-electron chi connectivity index (χ0n) is 11.0. The highest BCUT2D eigenvalue weighted by molar-refractivity contribution is 7.85. The van der Waals surface area contributed by atoms with Crippen LogP contribution in [-0.4, -0.2) is 40.2 Å². The van der Waals surface area contributed by atoms with Crippen molar-refractivity contribution in [3.8, 4) is 0 Å². The van der Waals surface area contributed by atoms with E-state index < -0.39 is 10.8 Å². The van der Waals surface area contributed by atoms with Gasteiger partial charge in [-0.05, 0) is 19.0 Å². The molecule has 5 heteroatoms. The molecule has 102 valence electrons. The van der Waals surface area contributed by atoms with Gasteiger partial charge in [-0.2, -0.15) is 0 Å². The number of hydrogen-bond acceptors (Lipinski definition) is 4. The largest absolute Gasteiger partial charge is 0.468 e. The first-order chi connectivity index (χ1) is 8.79. The van der Waals surface area contributed by atoms with Crippen molar-refractivity contribution in [2.75, 3.05) is 31.1 Å². The molecule has 18 heavy (non-hydrogen) atoms. The molecule has 0 saturated carbocycles. The van der Waals surface area contributed by atoms with Crippen molar-refractivity contribution in [2.24, 2.45) is 0 Å². The average molecular weight is 270 g/mol. The summed E-state index contributed by atoms with van der Waals surface area (Å²) in [7, 11) is -0.605. The minimum absolute atomic E-state index is 0.605. The summed E-state index contributed by atoms with van der Waals surface area (Å²) in [4.78, 5) is 2.32. The topological polar surface area (TPSA) is 45.5 Å². The summed E-state index contributed by atoms with van der Waals surface area (Å²) in [6.45, 7) is 6.74. The first-order valence-electron chi connectivity index (χ1n) is 6.63. The van der Waals surface area contributed by atoms with Crippen LogP contribution in [0.5, 0.6) is 0 Å². The number of nitrogens with zero attached hydrogens (tertiary/aromatic N) is 1. The van der Waals surface area contributed by atoms with Gasteiger partial charge in [0.1, 0.15) is 5.76 Å². The fourth-order valence-corrected chi connectivity index (χ4v) is 3.23. The van der Waals surface area contributed by atoms with E-state index in [1.54, 1.807) is 6.26 Å². The van der Waals surface area contributed by atoms with E-state index in [0.29, 0.717) is 0 Å². The summed E-state index contributed by atoms with van der Waals surface area (Å²) in [5, 5.41) is 3.40. The molecule has 0 aromatic carbocycles. The van der Waals surface area contributed by atoms with Crippen molar-refractivity contribution in [3.05, 3.63) is 23.7 Å². The van der Waals surface area contributed by atoms with Crippen LogP contribution >= 0.6 is 0 Å². The van der Waals surface area contributed by atoms with E-state index in [1.165, 1.54) is 5.56 Å². The Morgan fingerprint density at radius 3 is 2.94 bits per heavy atom. The quantitative estimate of drug-likeness (QED) is 0.793. The van der Waals surface area contributed by atoms with Gasteiger partial charge in [0, 0.05) is 47.5 Å². The predicted molar refractivity (Wildman–Crippen MR) is 73.9 cm³/mol. The zero-order chi connectivity index (χ0) is 12.8. The molecule has 0 spiro atoms. The molecule has 1 fully saturated rings. The summed E-state index contributed by atoms with van der Waals surface area (Å²) < 4.78 is 16.9. The molecule has 1 aliphatic rings. The van der Waals surface area contributed by atoms with Crippen LogP contribution in [0.15, 0.2) is 16.7 Å². The van der Waals surface area contributed by atoms with E-state index in [1.807, 2.05) is 6.07 Å². The van der Waals surface area contributed by atoms with Crippen molar-refractivity contribution in [3.63, 3.8) is 0 Å². The molecule has 0 unspecified atom stereocenters. The Morgan fingerprint density at radius 2 is 2.22 bits per heavy atom. The number of nitrogens with one attached hydrogen (secondary N) is 1. The number of rotatable bonds is 6. The summed E-state index contributed by atoms with van der Waals surface area (Å²) in [6.07, 6.45) is 2.91. The van der Waals surface area contributed by atoms with Crippen molar-refractivity contribution >= 4 is 10.8 Å². The lowest BCUT2D eigenvalue weighted by Gasteiger charge is -2.25. The normalized spacial score (nSPS) is 18.3. The van der Waals surface area contributed by atoms with Crippen LogP contribution in [-0.2, 0) is 23.9 Å². The summed E-state index contributed by atoms with van der Waals surface area (Å²) >= 11 is 0. The monoisotopic (exact) mass is 270 g/mol. The molecule has 2 rings (SSSR count). The van der Waals surface area contributed by atoms with Gasteiger partial charge < -0.3 is 9.73 Å². The number of hydrogen-bond donors (Lipinski definition) is 1. The molecule has 1 N–H and O–H groups in total. The van der Waals surface area contributed by atoms with Crippen LogP contribution in [0.4, 0.5) is 0 Å². The summed E-state index contributed by atoms with van der Waals surface area (Å²) in [5.41, 5.74) is 1.25. The first-order valence-corrected chi connectivity index (χ1v) is 8.11. The summed E-state index contributed by atoms with van der Waals surface area (Å²) in [5.74, 6) is 2.64. The van der Waals surface area contributed by atoms with Crippen LogP contribution in [0.3, 0.4) is 0 Å². The second-order valence-corrected chi connectivity index (χ2v) is 6.37. The molecule has 4 nitrogen and oxygen atoms in total. The van der Waals surface area contributed by atoms with Crippen LogP contribution in [0, 0.1) is 0 Å². The Balaban J connectivity index is 1.85. The lowest BCUT2D eigenvalue weighted by Crippen LogP contribution is -2.37. The van der Waals surface area contributed by atoms with Crippen molar-refractivity contribution in [1.82, 2.24) is 10.2 Å². The lowest BCUT2D eigenvalue weighted by molar-refractivity contribution is 0.264. The Bertz CT molecular complexity index is 382. The zero-order valence-corrected chi connectivity index (χ0v) is 11.8. The molecule has 0 bridgehead atoms. The lowest BCUT2D eigenvalue weighted by atomic mass is 10.2. The highest BCUT2D eigenvalue weighted by Crippen LogP contribution is 2.14. The van der Waals surface area contributed by atoms with Gasteiger partial charge in [-0.3, -0.25) is 9.11 Å². The Kier molecular flexibility index (Phi) is 5.41. The van der Waals surface area contributed by atoms with Crippen molar-refractivity contribution in [2.45, 2.75) is 26.4 Å². The van der Waals surface area contributed by atoms with E-state index in [-0.39, 0.29) is 0 Å². The maximum absolute atomic E-state index is 11.3. The van der Waals surface area contributed by atoms with Gasteiger partial charge in [0.05, 0.1) is 12.8 Å². The van der Waals surface area contributed by atoms with Crippen LogP contribution in [0.25, 0.3) is 0 Å². The molecule has 1 aromatic rings. The Hall–Kier alpha value is -0.650. The van der Waals surface area contributed by atoms with Gasteiger partial charge >= 0.3 is 0 Å². The molecule has 1 aromatic heterocycles. The fraction of sp³-hybridized carbons (Fsp3) is 0.692. The molecule has 0 atom stereocenters. The van der Waals surface area contributed by atoms with Crippen molar-refractivity contribution in [1.29, 1.82) is 0 Å². The minimum Gasteiger partial charge on any atom is -0.468 e. The average Bonchev–Trinajstić information content (AvgIpc) is 2.80. The van der Waals surface area contributed by atoms with Crippen LogP contribution < -0.4 is 5.32 Å². The second-order valence-electron chi connectivity index (χ2n) is 4.67. The SMILES string of the molecule is CCCNCc1ccoc1CN1CCS(=O)CC1. The third-order valence-corrected chi connectivity index (χ3v) is 4.49. The van der Waals surface area contributed by atoms with Gasteiger partial charge in [-0.15, -0.1) is 0 Å². The Labute approximate surface area is 111 Å². The highest BCUT2D eigenvalue weighted by Gasteiger charge is 2.17. The molecule has 0 aliphatic carbocycles. The van der Waals surface area contributed by atoms with Gasteiger partial charge in [0.2, 0.25) is 0 Å². The summed E-state index contributed by atoms with van der Waals surface area (Å²) in [6, 6.07) is 2.04. The van der Waals surface area contributed by atoms with Crippen LogP contribution in [0.1, 0.15) is 24.7 Å². The predicted octanol–water partition coefficient (Wildman–Crippen LogP) is 1.34. The molecule has 2 heterocycles. The van der Waals surface area contributed by atoms with E-state index in [0.717, 1.165) is 56.4 Å². The maximum atomic E-state index is 11.3. The van der Waals surface area contributed by atoms with Crippen molar-refractivity contribution < 1.29 is 8.63 Å². The third kappa shape index (κ3) is 3.93. The standard InChI is InChI=1S/C13H22N2O2S/c1-2-4-14-10-12-3-7-17-13(12)11-15-5-8-18(16)9-6-15/h3,7,14H,2,4-6,8-11H2,1H3. The van der Waals surface area contributed by atoms with Gasteiger partial charge in [0.25, 0.3) is 0 Å². The molecule has 1 aliphatic heterocycles. The second kappa shape index (κ2) is 7.07. The molecule has 0 amide bonds. The number of furan rings is 1. The Morgan fingerprint density at radius 1 is 1.44 bits per heavy atom.